The summed E-state index contributed by atoms with van der Waals surface area (Å²) in [5.41, 5.74) is 0. The number of carbonyl (C=O) groups excluding carboxylic acids is 1. The van der Waals surface area contributed by atoms with Crippen molar-refractivity contribution in [3.05, 3.63) is 0 Å². The molecular formula is C17H30O2. The highest BCUT2D eigenvalue weighted by Crippen LogP contribution is 2.45. The predicted molar refractivity (Wildman–Crippen MR) is 77.8 cm³/mol. The first-order valence-corrected chi connectivity index (χ1v) is 8.32. The number of carbonyl (C=O) groups is 1. The lowest BCUT2D eigenvalue weighted by Crippen LogP contribution is -2.34. The average Bonchev–Trinajstić information content (AvgIpc) is 2.46. The van der Waals surface area contributed by atoms with E-state index in [-0.39, 0.29) is 11.9 Å². The zero-order valence-corrected chi connectivity index (χ0v) is 12.7. The molecule has 0 aliphatic heterocycles. The van der Waals surface area contributed by atoms with Crippen LogP contribution in [-0.2, 0) is 9.53 Å². The molecule has 2 saturated carbocycles. The number of hydrogen-bond donors (Lipinski definition) is 0. The van der Waals surface area contributed by atoms with Crippen LogP contribution in [0.5, 0.6) is 0 Å². The molecule has 4 atom stereocenters. The topological polar surface area (TPSA) is 26.3 Å². The quantitative estimate of drug-likeness (QED) is 0.538. The largest absolute Gasteiger partial charge is 0.469 e. The van der Waals surface area contributed by atoms with Crippen LogP contribution in [0.15, 0.2) is 0 Å². The van der Waals surface area contributed by atoms with Gasteiger partial charge < -0.3 is 4.74 Å². The zero-order chi connectivity index (χ0) is 13.7. The van der Waals surface area contributed by atoms with E-state index in [1.54, 1.807) is 0 Å². The first kappa shape index (κ1) is 14.9. The van der Waals surface area contributed by atoms with E-state index in [0.29, 0.717) is 0 Å². The highest BCUT2D eigenvalue weighted by atomic mass is 16.5. The molecule has 2 heteroatoms. The van der Waals surface area contributed by atoms with E-state index in [2.05, 4.69) is 6.92 Å². The summed E-state index contributed by atoms with van der Waals surface area (Å²) >= 11 is 0. The van der Waals surface area contributed by atoms with Gasteiger partial charge in [-0.05, 0) is 49.9 Å². The van der Waals surface area contributed by atoms with Crippen LogP contribution >= 0.6 is 0 Å². The minimum Gasteiger partial charge on any atom is -0.469 e. The van der Waals surface area contributed by atoms with Crippen molar-refractivity contribution in [1.29, 1.82) is 0 Å². The second-order valence-electron chi connectivity index (χ2n) is 6.73. The summed E-state index contributed by atoms with van der Waals surface area (Å²) in [6.07, 6.45) is 13.2. The van der Waals surface area contributed by atoms with Crippen LogP contribution in [0.25, 0.3) is 0 Å². The molecule has 0 aromatic heterocycles. The van der Waals surface area contributed by atoms with Gasteiger partial charge in [-0.15, -0.1) is 0 Å². The van der Waals surface area contributed by atoms with Crippen molar-refractivity contribution in [3.63, 3.8) is 0 Å². The lowest BCUT2D eigenvalue weighted by Gasteiger charge is -2.41. The van der Waals surface area contributed by atoms with Gasteiger partial charge in [-0.25, -0.2) is 0 Å². The molecule has 0 amide bonds. The summed E-state index contributed by atoms with van der Waals surface area (Å²) in [4.78, 5) is 11.7. The average molecular weight is 266 g/mol. The van der Waals surface area contributed by atoms with Crippen molar-refractivity contribution < 1.29 is 9.53 Å². The molecule has 4 unspecified atom stereocenters. The lowest BCUT2D eigenvalue weighted by molar-refractivity contribution is -0.148. The smallest absolute Gasteiger partial charge is 0.308 e. The molecule has 0 spiro atoms. The van der Waals surface area contributed by atoms with Gasteiger partial charge in [0, 0.05) is 0 Å². The van der Waals surface area contributed by atoms with Gasteiger partial charge in [0.25, 0.3) is 0 Å². The third kappa shape index (κ3) is 3.97. The van der Waals surface area contributed by atoms with Gasteiger partial charge in [0.1, 0.15) is 0 Å². The molecule has 0 heterocycles. The lowest BCUT2D eigenvalue weighted by atomic mass is 9.64. The van der Waals surface area contributed by atoms with Crippen molar-refractivity contribution in [2.75, 3.05) is 7.11 Å². The Labute approximate surface area is 118 Å². The minimum absolute atomic E-state index is 0.0310. The normalized spacial score (nSPS) is 34.6. The highest BCUT2D eigenvalue weighted by Gasteiger charge is 2.37. The molecule has 2 fully saturated rings. The summed E-state index contributed by atoms with van der Waals surface area (Å²) in [6.45, 7) is 2.28. The summed E-state index contributed by atoms with van der Waals surface area (Å²) in [5, 5.41) is 0. The molecule has 0 aromatic carbocycles. The fourth-order valence-electron chi connectivity index (χ4n) is 4.31. The molecule has 2 aliphatic carbocycles. The molecule has 2 aliphatic rings. The van der Waals surface area contributed by atoms with Crippen LogP contribution in [-0.4, -0.2) is 13.1 Å². The van der Waals surface area contributed by atoms with Crippen LogP contribution in [0.2, 0.25) is 0 Å². The Morgan fingerprint density at radius 2 is 1.79 bits per heavy atom. The molecule has 2 nitrogen and oxygen atoms in total. The van der Waals surface area contributed by atoms with Crippen LogP contribution < -0.4 is 0 Å². The van der Waals surface area contributed by atoms with Gasteiger partial charge in [0.15, 0.2) is 0 Å². The van der Waals surface area contributed by atoms with Crippen LogP contribution in [0.3, 0.4) is 0 Å². The number of rotatable bonds is 5. The van der Waals surface area contributed by atoms with Crippen molar-refractivity contribution in [2.45, 2.75) is 71.1 Å². The Morgan fingerprint density at radius 1 is 1.05 bits per heavy atom. The molecule has 0 bridgehead atoms. The third-order valence-corrected chi connectivity index (χ3v) is 5.47. The van der Waals surface area contributed by atoms with Crippen molar-refractivity contribution in [2.24, 2.45) is 23.7 Å². The molecule has 110 valence electrons. The van der Waals surface area contributed by atoms with Gasteiger partial charge in [0.2, 0.25) is 0 Å². The van der Waals surface area contributed by atoms with Crippen molar-refractivity contribution >= 4 is 5.97 Å². The molecule has 2 rings (SSSR count). The van der Waals surface area contributed by atoms with E-state index >= 15 is 0 Å². The second kappa shape index (κ2) is 7.31. The Morgan fingerprint density at radius 3 is 2.53 bits per heavy atom. The predicted octanol–water partition coefficient (Wildman–Crippen LogP) is 4.57. The van der Waals surface area contributed by atoms with Gasteiger partial charge in [-0.2, -0.15) is 0 Å². The molecule has 0 saturated heterocycles. The monoisotopic (exact) mass is 266 g/mol. The van der Waals surface area contributed by atoms with E-state index in [4.69, 9.17) is 4.74 Å². The fourth-order valence-corrected chi connectivity index (χ4v) is 4.31. The van der Waals surface area contributed by atoms with E-state index in [1.165, 1.54) is 58.5 Å². The van der Waals surface area contributed by atoms with Gasteiger partial charge in [-0.1, -0.05) is 39.0 Å². The van der Waals surface area contributed by atoms with Gasteiger partial charge >= 0.3 is 5.97 Å². The molecular weight excluding hydrogens is 236 g/mol. The highest BCUT2D eigenvalue weighted by molar-refractivity contribution is 5.72. The Bertz CT molecular complexity index is 287. The van der Waals surface area contributed by atoms with E-state index in [1.807, 2.05) is 0 Å². The minimum atomic E-state index is 0.0310. The van der Waals surface area contributed by atoms with Gasteiger partial charge in [-0.3, -0.25) is 4.79 Å². The molecule has 0 N–H and O–H groups in total. The van der Waals surface area contributed by atoms with Crippen molar-refractivity contribution in [1.82, 2.24) is 0 Å². The summed E-state index contributed by atoms with van der Waals surface area (Å²) in [6, 6.07) is 0. The number of fused-ring (bicyclic) bond motifs is 1. The Hall–Kier alpha value is -0.530. The van der Waals surface area contributed by atoms with E-state index < -0.39 is 0 Å². The van der Waals surface area contributed by atoms with Crippen LogP contribution in [0.4, 0.5) is 0 Å². The zero-order valence-electron chi connectivity index (χ0n) is 12.7. The van der Waals surface area contributed by atoms with Gasteiger partial charge in [0.05, 0.1) is 13.0 Å². The molecule has 19 heavy (non-hydrogen) atoms. The Kier molecular flexibility index (Phi) is 5.72. The summed E-state index contributed by atoms with van der Waals surface area (Å²) in [7, 11) is 1.53. The summed E-state index contributed by atoms with van der Waals surface area (Å²) in [5.74, 6) is 2.91. The first-order chi connectivity index (χ1) is 9.24. The van der Waals surface area contributed by atoms with Crippen molar-refractivity contribution in [3.8, 4) is 0 Å². The number of hydrogen-bond acceptors (Lipinski definition) is 2. The summed E-state index contributed by atoms with van der Waals surface area (Å²) < 4.78 is 4.92. The maximum Gasteiger partial charge on any atom is 0.308 e. The number of ether oxygens (including phenoxy) is 1. The SMILES string of the molecule is CCCCCC1CCC2CC(C(=O)OC)CCC2C1. The first-order valence-electron chi connectivity index (χ1n) is 8.32. The molecule has 0 radical (unpaired) electrons. The Balaban J connectivity index is 1.77. The molecule has 0 aromatic rings. The third-order valence-electron chi connectivity index (χ3n) is 5.47. The van der Waals surface area contributed by atoms with E-state index in [9.17, 15) is 4.79 Å². The fraction of sp³-hybridized carbons (Fsp3) is 0.941. The van der Waals surface area contributed by atoms with Crippen LogP contribution in [0, 0.1) is 23.7 Å². The number of esters is 1. The number of unbranched alkanes of at least 4 members (excludes halogenated alkanes) is 2. The van der Waals surface area contributed by atoms with Crippen LogP contribution in [0.1, 0.15) is 71.1 Å². The second-order valence-corrected chi connectivity index (χ2v) is 6.73. The maximum atomic E-state index is 11.7. The number of methoxy groups -OCH3 is 1. The maximum absolute atomic E-state index is 11.7. The standard InChI is InChI=1S/C17H30O2/c1-3-4-5-6-13-7-8-15-12-16(17(18)19-2)10-9-14(15)11-13/h13-16H,3-12H2,1-2H3. The van der Waals surface area contributed by atoms with E-state index in [0.717, 1.165) is 30.6 Å².